The van der Waals surface area contributed by atoms with Crippen LogP contribution in [0.25, 0.3) is 11.8 Å². The van der Waals surface area contributed by atoms with E-state index in [0.29, 0.717) is 14.9 Å². The number of benzene rings is 3. The Kier molecular flexibility index (Phi) is 5.92. The quantitative estimate of drug-likeness (QED) is 0.287. The summed E-state index contributed by atoms with van der Waals surface area (Å²) in [6.45, 7) is 0. The molecule has 2 heterocycles. The van der Waals surface area contributed by atoms with Gasteiger partial charge in [0.15, 0.2) is 10.6 Å². The van der Waals surface area contributed by atoms with Crippen LogP contribution in [-0.2, 0) is 6.42 Å². The van der Waals surface area contributed by atoms with Gasteiger partial charge in [-0.25, -0.2) is 4.99 Å². The van der Waals surface area contributed by atoms with Gasteiger partial charge in [0.1, 0.15) is 5.75 Å². The molecule has 0 amide bonds. The van der Waals surface area contributed by atoms with Crippen LogP contribution in [0.1, 0.15) is 34.7 Å². The summed E-state index contributed by atoms with van der Waals surface area (Å²) in [4.78, 5) is 30.5. The van der Waals surface area contributed by atoms with E-state index in [9.17, 15) is 14.9 Å². The summed E-state index contributed by atoms with van der Waals surface area (Å²) in [6, 6.07) is 20.4. The number of hydrogen-bond acceptors (Lipinski definition) is 7. The van der Waals surface area contributed by atoms with Crippen LogP contribution in [0.2, 0.25) is 0 Å². The van der Waals surface area contributed by atoms with E-state index >= 15 is 0 Å². The molecule has 190 valence electrons. The van der Waals surface area contributed by atoms with Gasteiger partial charge in [0.25, 0.3) is 5.56 Å². The molecule has 1 aliphatic carbocycles. The highest BCUT2D eigenvalue weighted by Gasteiger charge is 2.32. The third-order valence-corrected chi connectivity index (χ3v) is 7.98. The Balaban J connectivity index is 1.57. The number of thiazole rings is 1. The summed E-state index contributed by atoms with van der Waals surface area (Å²) in [6.07, 6.45) is 3.34. The summed E-state index contributed by atoms with van der Waals surface area (Å²) >= 11 is 1.29. The molecule has 6 rings (SSSR count). The summed E-state index contributed by atoms with van der Waals surface area (Å²) < 4.78 is 12.7. The molecular formula is C29H23N3O5S. The topological polar surface area (TPSA) is 96.0 Å². The van der Waals surface area contributed by atoms with Gasteiger partial charge in [-0.1, -0.05) is 53.8 Å². The van der Waals surface area contributed by atoms with Crippen molar-refractivity contribution >= 4 is 28.8 Å². The monoisotopic (exact) mass is 525 g/mol. The van der Waals surface area contributed by atoms with Crippen molar-refractivity contribution in [3.05, 3.63) is 124 Å². The van der Waals surface area contributed by atoms with Crippen molar-refractivity contribution < 1.29 is 14.4 Å². The van der Waals surface area contributed by atoms with E-state index in [0.717, 1.165) is 41.0 Å². The van der Waals surface area contributed by atoms with Crippen LogP contribution in [0.5, 0.6) is 11.5 Å². The number of hydrogen-bond donors (Lipinski definition) is 0. The molecule has 2 aliphatic rings. The Hall–Kier alpha value is -4.50. The van der Waals surface area contributed by atoms with Gasteiger partial charge in [0.2, 0.25) is 0 Å². The number of aryl methyl sites for hydroxylation is 1. The molecule has 0 radical (unpaired) electrons. The van der Waals surface area contributed by atoms with Gasteiger partial charge in [0, 0.05) is 11.6 Å². The van der Waals surface area contributed by atoms with E-state index in [1.807, 2.05) is 36.4 Å². The number of aromatic nitrogens is 1. The molecule has 0 spiro atoms. The normalized spacial score (nSPS) is 16.3. The SMILES string of the molecule is COc1ccc([C@H]2C3=C(N=c4s/c(=C\c5ccc(OC)c([N+](=O)[O-])c5)c(=O)n42)c2ccccc2CC3)cc1. The van der Waals surface area contributed by atoms with Gasteiger partial charge in [-0.2, -0.15) is 0 Å². The minimum atomic E-state index is -0.493. The molecule has 38 heavy (non-hydrogen) atoms. The van der Waals surface area contributed by atoms with Crippen molar-refractivity contribution in [1.29, 1.82) is 0 Å². The molecule has 4 aromatic rings. The van der Waals surface area contributed by atoms with Crippen LogP contribution >= 0.6 is 11.3 Å². The fraction of sp³-hybridized carbons (Fsp3) is 0.172. The first-order valence-corrected chi connectivity index (χ1v) is 12.9. The van der Waals surface area contributed by atoms with Gasteiger partial charge in [-0.15, -0.1) is 0 Å². The smallest absolute Gasteiger partial charge is 0.311 e. The van der Waals surface area contributed by atoms with Gasteiger partial charge >= 0.3 is 5.69 Å². The largest absolute Gasteiger partial charge is 0.497 e. The molecule has 8 nitrogen and oxygen atoms in total. The fourth-order valence-electron chi connectivity index (χ4n) is 5.20. The number of methoxy groups -OCH3 is 2. The first-order valence-electron chi connectivity index (χ1n) is 12.1. The van der Waals surface area contributed by atoms with E-state index in [1.165, 1.54) is 36.1 Å². The summed E-state index contributed by atoms with van der Waals surface area (Å²) in [5, 5.41) is 11.5. The van der Waals surface area contributed by atoms with Crippen molar-refractivity contribution in [1.82, 2.24) is 4.57 Å². The highest BCUT2D eigenvalue weighted by molar-refractivity contribution is 7.07. The second kappa shape index (κ2) is 9.42. The van der Waals surface area contributed by atoms with Crippen molar-refractivity contribution in [3.8, 4) is 11.5 Å². The summed E-state index contributed by atoms with van der Waals surface area (Å²) in [5.41, 5.74) is 5.53. The zero-order valence-electron chi connectivity index (χ0n) is 20.7. The predicted molar refractivity (Wildman–Crippen MR) is 145 cm³/mol. The van der Waals surface area contributed by atoms with E-state index in [4.69, 9.17) is 14.5 Å². The molecule has 3 aromatic carbocycles. The average molecular weight is 526 g/mol. The van der Waals surface area contributed by atoms with Crippen LogP contribution in [-0.4, -0.2) is 23.7 Å². The molecule has 0 saturated heterocycles. The molecule has 0 unspecified atom stereocenters. The van der Waals surface area contributed by atoms with Crippen LogP contribution in [0.3, 0.4) is 0 Å². The zero-order valence-corrected chi connectivity index (χ0v) is 21.5. The third kappa shape index (κ3) is 3.92. The number of fused-ring (bicyclic) bond motifs is 3. The first kappa shape index (κ1) is 23.9. The van der Waals surface area contributed by atoms with Crippen molar-refractivity contribution in [3.63, 3.8) is 0 Å². The second-order valence-electron chi connectivity index (χ2n) is 9.08. The highest BCUT2D eigenvalue weighted by atomic mass is 32.1. The van der Waals surface area contributed by atoms with E-state index in [-0.39, 0.29) is 23.0 Å². The van der Waals surface area contributed by atoms with E-state index < -0.39 is 4.92 Å². The molecule has 1 aromatic heterocycles. The number of nitro groups is 1. The lowest BCUT2D eigenvalue weighted by molar-refractivity contribution is -0.385. The maximum absolute atomic E-state index is 13.9. The lowest BCUT2D eigenvalue weighted by Gasteiger charge is -2.30. The van der Waals surface area contributed by atoms with Crippen molar-refractivity contribution in [2.75, 3.05) is 14.2 Å². The van der Waals surface area contributed by atoms with Crippen molar-refractivity contribution in [2.24, 2.45) is 4.99 Å². The maximum atomic E-state index is 13.9. The Labute approximate surface area is 221 Å². The molecule has 0 N–H and O–H groups in total. The second-order valence-corrected chi connectivity index (χ2v) is 10.1. The predicted octanol–water partition coefficient (Wildman–Crippen LogP) is 4.24. The van der Waals surface area contributed by atoms with Gasteiger partial charge in [0.05, 0.1) is 35.4 Å². The molecule has 0 saturated carbocycles. The standard InChI is InChI=1S/C29H23N3O5S/c1-36-20-11-8-19(9-12-20)27-22-13-10-18-5-3-4-6-21(18)26(22)30-29-31(27)28(33)25(38-29)16-17-7-14-24(37-2)23(15-17)32(34)35/h3-9,11-12,14-16,27H,10,13H2,1-2H3/b25-16-/t27-/m0/s1. The lowest BCUT2D eigenvalue weighted by Crippen LogP contribution is -2.38. The molecular weight excluding hydrogens is 502 g/mol. The number of nitro benzene ring substituents is 1. The maximum Gasteiger partial charge on any atom is 0.311 e. The number of rotatable bonds is 5. The van der Waals surface area contributed by atoms with E-state index in [1.54, 1.807) is 23.8 Å². The number of nitrogens with zero attached hydrogens (tertiary/aromatic N) is 3. The first-order chi connectivity index (χ1) is 18.5. The average Bonchev–Trinajstić information content (AvgIpc) is 3.26. The van der Waals surface area contributed by atoms with Crippen LogP contribution in [0, 0.1) is 10.1 Å². The van der Waals surface area contributed by atoms with Gasteiger partial charge in [-0.3, -0.25) is 19.5 Å². The fourth-order valence-corrected chi connectivity index (χ4v) is 6.20. The minimum absolute atomic E-state index is 0.155. The Morgan fingerprint density at radius 2 is 1.84 bits per heavy atom. The zero-order chi connectivity index (χ0) is 26.4. The molecule has 1 aliphatic heterocycles. The molecule has 0 fully saturated rings. The Morgan fingerprint density at radius 1 is 1.05 bits per heavy atom. The number of ether oxygens (including phenoxy) is 2. The summed E-state index contributed by atoms with van der Waals surface area (Å²) in [5.74, 6) is 0.907. The third-order valence-electron chi connectivity index (χ3n) is 7.00. The van der Waals surface area contributed by atoms with Crippen molar-refractivity contribution in [2.45, 2.75) is 18.9 Å². The number of allylic oxidation sites excluding steroid dienone is 1. The van der Waals surface area contributed by atoms with Crippen LogP contribution in [0.4, 0.5) is 5.69 Å². The molecule has 1 atom stereocenters. The lowest BCUT2D eigenvalue weighted by atomic mass is 9.83. The summed E-state index contributed by atoms with van der Waals surface area (Å²) in [7, 11) is 3.01. The van der Waals surface area contributed by atoms with Crippen LogP contribution < -0.4 is 24.4 Å². The Bertz CT molecular complexity index is 1800. The van der Waals surface area contributed by atoms with Crippen LogP contribution in [0.15, 0.2) is 82.1 Å². The van der Waals surface area contributed by atoms with E-state index in [2.05, 4.69) is 12.1 Å². The Morgan fingerprint density at radius 3 is 2.58 bits per heavy atom. The molecule has 9 heteroatoms. The van der Waals surface area contributed by atoms with Gasteiger partial charge in [-0.05, 0) is 59.4 Å². The molecule has 0 bridgehead atoms. The van der Waals surface area contributed by atoms with Gasteiger partial charge < -0.3 is 9.47 Å². The highest BCUT2D eigenvalue weighted by Crippen LogP contribution is 2.41. The minimum Gasteiger partial charge on any atom is -0.497 e.